The number of methoxy groups -OCH3 is 4. The third kappa shape index (κ3) is 6.51. The first-order valence-corrected chi connectivity index (χ1v) is 10.9. The highest BCUT2D eigenvalue weighted by Crippen LogP contribution is 2.41. The minimum absolute atomic E-state index is 0.0718. The molecule has 38 heavy (non-hydrogen) atoms. The van der Waals surface area contributed by atoms with Crippen LogP contribution in [0.15, 0.2) is 12.1 Å². The third-order valence-corrected chi connectivity index (χ3v) is 4.98. The Bertz CT molecular complexity index is 1250. The number of nitrogens with one attached hydrogen (secondary N) is 2. The van der Waals surface area contributed by atoms with Crippen molar-refractivity contribution in [2.24, 2.45) is 0 Å². The summed E-state index contributed by atoms with van der Waals surface area (Å²) in [5.74, 6) is -0.796. The molecule has 0 bridgehead atoms. The third-order valence-electron chi connectivity index (χ3n) is 4.98. The van der Waals surface area contributed by atoms with Crippen molar-refractivity contribution in [3.05, 3.63) is 34.4 Å². The molecule has 0 aliphatic rings. The van der Waals surface area contributed by atoms with E-state index in [-0.39, 0.29) is 82.9 Å². The van der Waals surface area contributed by atoms with Crippen molar-refractivity contribution >= 4 is 17.5 Å². The number of carbonyl (C=O) groups is 1. The van der Waals surface area contributed by atoms with Crippen LogP contribution in [0.4, 0.5) is 16.2 Å². The SMILES string of the molecule is COCCNc1c(C#N)cc(OC)c(OC(=O)Oc2c(OC)cc(C#N)c(NCCOC)c2C#N)c1C#N. The summed E-state index contributed by atoms with van der Waals surface area (Å²) in [4.78, 5) is 12.9. The van der Waals surface area contributed by atoms with E-state index in [0.717, 1.165) is 0 Å². The molecule has 0 fully saturated rings. The predicted octanol–water partition coefficient (Wildman–Crippen LogP) is 2.88. The summed E-state index contributed by atoms with van der Waals surface area (Å²) >= 11 is 0. The van der Waals surface area contributed by atoms with Gasteiger partial charge in [-0.3, -0.25) is 0 Å². The molecule has 0 amide bonds. The molecule has 2 N–H and O–H groups in total. The second kappa shape index (κ2) is 14.4. The summed E-state index contributed by atoms with van der Waals surface area (Å²) in [5, 5.41) is 44.6. The van der Waals surface area contributed by atoms with Crippen LogP contribution in [0.5, 0.6) is 23.0 Å². The zero-order chi connectivity index (χ0) is 28.1. The molecule has 0 spiro atoms. The van der Waals surface area contributed by atoms with E-state index >= 15 is 0 Å². The van der Waals surface area contributed by atoms with Gasteiger partial charge in [0.2, 0.25) is 0 Å². The zero-order valence-corrected chi connectivity index (χ0v) is 21.1. The molecule has 0 aliphatic heterocycles. The first kappa shape index (κ1) is 29.0. The Kier molecular flexibility index (Phi) is 11.0. The average Bonchev–Trinajstić information content (AvgIpc) is 2.93. The van der Waals surface area contributed by atoms with E-state index < -0.39 is 6.16 Å². The van der Waals surface area contributed by atoms with Crippen molar-refractivity contribution in [2.45, 2.75) is 0 Å². The van der Waals surface area contributed by atoms with Crippen LogP contribution in [0.3, 0.4) is 0 Å². The molecule has 0 saturated heterocycles. The second-order valence-corrected chi connectivity index (χ2v) is 7.15. The summed E-state index contributed by atoms with van der Waals surface area (Å²) in [5.41, 5.74) is -0.0284. The van der Waals surface area contributed by atoms with Crippen LogP contribution in [0, 0.1) is 45.3 Å². The van der Waals surface area contributed by atoms with Crippen molar-refractivity contribution in [2.75, 3.05) is 65.4 Å². The van der Waals surface area contributed by atoms with E-state index in [0.29, 0.717) is 0 Å². The summed E-state index contributed by atoms with van der Waals surface area (Å²) in [6.07, 6.45) is -1.34. The Hall–Kier alpha value is -5.21. The summed E-state index contributed by atoms with van der Waals surface area (Å²) < 4.78 is 31.1. The number of benzene rings is 2. The van der Waals surface area contributed by atoms with E-state index in [9.17, 15) is 25.8 Å². The molecule has 13 nitrogen and oxygen atoms in total. The fourth-order valence-corrected chi connectivity index (χ4v) is 3.29. The Morgan fingerprint density at radius 1 is 0.711 bits per heavy atom. The molecule has 0 radical (unpaired) electrons. The number of hydrogen-bond donors (Lipinski definition) is 2. The topological polar surface area (TPSA) is 192 Å². The van der Waals surface area contributed by atoms with Crippen molar-refractivity contribution < 1.29 is 33.2 Å². The number of hydrogen-bond acceptors (Lipinski definition) is 13. The van der Waals surface area contributed by atoms with Gasteiger partial charge in [-0.15, -0.1) is 0 Å². The number of nitriles is 4. The minimum atomic E-state index is -1.34. The summed E-state index contributed by atoms with van der Waals surface area (Å²) in [6, 6.07) is 10.3. The first-order valence-electron chi connectivity index (χ1n) is 10.9. The van der Waals surface area contributed by atoms with E-state index in [2.05, 4.69) is 10.6 Å². The highest BCUT2D eigenvalue weighted by molar-refractivity contribution is 5.81. The van der Waals surface area contributed by atoms with Gasteiger partial charge in [-0.05, 0) is 0 Å². The van der Waals surface area contributed by atoms with Crippen molar-refractivity contribution in [1.82, 2.24) is 0 Å². The molecule has 0 heterocycles. The lowest BCUT2D eigenvalue weighted by Gasteiger charge is -2.18. The van der Waals surface area contributed by atoms with Gasteiger partial charge in [0.25, 0.3) is 0 Å². The van der Waals surface area contributed by atoms with Crippen LogP contribution in [-0.4, -0.2) is 60.9 Å². The minimum Gasteiger partial charge on any atom is -0.493 e. The maximum Gasteiger partial charge on any atom is 0.519 e. The maximum atomic E-state index is 12.9. The molecule has 13 heteroatoms. The lowest BCUT2D eigenvalue weighted by atomic mass is 10.1. The standard InChI is InChI=1S/C25H24N6O7/c1-33-7-5-30-21-15(11-26)9-19(35-3)23(17(21)13-28)37-25(32)38-24-18(14-29)22(31-6-8-34-2)16(12-27)10-20(24)36-4/h9-10,30-31H,5-8H2,1-4H3. The first-order chi connectivity index (χ1) is 18.4. The number of rotatable bonds is 12. The number of ether oxygens (including phenoxy) is 6. The average molecular weight is 521 g/mol. The normalized spacial score (nSPS) is 9.68. The second-order valence-electron chi connectivity index (χ2n) is 7.15. The van der Waals surface area contributed by atoms with Gasteiger partial charge in [-0.25, -0.2) is 4.79 Å². The van der Waals surface area contributed by atoms with Gasteiger partial charge in [0.1, 0.15) is 35.4 Å². The van der Waals surface area contributed by atoms with Gasteiger partial charge in [-0.1, -0.05) is 0 Å². The van der Waals surface area contributed by atoms with Crippen LogP contribution in [0.2, 0.25) is 0 Å². The highest BCUT2D eigenvalue weighted by atomic mass is 16.7. The fraction of sp³-hybridized carbons (Fsp3) is 0.320. The Balaban J connectivity index is 2.55. The molecule has 0 aliphatic carbocycles. The molecular weight excluding hydrogens is 496 g/mol. The summed E-state index contributed by atoms with van der Waals surface area (Å²) in [6.45, 7) is 1.05. The number of anilines is 2. The maximum absolute atomic E-state index is 12.9. The van der Waals surface area contributed by atoms with Crippen LogP contribution in [-0.2, 0) is 9.47 Å². The van der Waals surface area contributed by atoms with Crippen LogP contribution < -0.4 is 29.6 Å². The molecule has 0 unspecified atom stereocenters. The molecule has 0 saturated carbocycles. The van der Waals surface area contributed by atoms with Gasteiger partial charge in [-0.2, -0.15) is 21.0 Å². The van der Waals surface area contributed by atoms with Crippen molar-refractivity contribution in [1.29, 1.82) is 21.0 Å². The van der Waals surface area contributed by atoms with Gasteiger partial charge in [0.15, 0.2) is 23.0 Å². The molecule has 2 rings (SSSR count). The van der Waals surface area contributed by atoms with E-state index in [1.54, 1.807) is 0 Å². The quantitative estimate of drug-likeness (QED) is 0.236. The highest BCUT2D eigenvalue weighted by Gasteiger charge is 2.27. The molecular formula is C25H24N6O7. The van der Waals surface area contributed by atoms with E-state index in [4.69, 9.17) is 28.4 Å². The van der Waals surface area contributed by atoms with Crippen LogP contribution in [0.25, 0.3) is 0 Å². The molecule has 2 aromatic rings. The predicted molar refractivity (Wildman–Crippen MR) is 132 cm³/mol. The lowest BCUT2D eigenvalue weighted by Crippen LogP contribution is -2.18. The van der Waals surface area contributed by atoms with Gasteiger partial charge in [0, 0.05) is 39.4 Å². The molecule has 196 valence electrons. The Labute approximate surface area is 219 Å². The lowest BCUT2D eigenvalue weighted by molar-refractivity contribution is 0.148. The van der Waals surface area contributed by atoms with Gasteiger partial charge >= 0.3 is 6.16 Å². The van der Waals surface area contributed by atoms with Gasteiger partial charge < -0.3 is 39.1 Å². The van der Waals surface area contributed by atoms with E-state index in [1.807, 2.05) is 24.3 Å². The van der Waals surface area contributed by atoms with Crippen molar-refractivity contribution in [3.63, 3.8) is 0 Å². The smallest absolute Gasteiger partial charge is 0.493 e. The number of nitrogens with zero attached hydrogens (tertiary/aromatic N) is 4. The fourth-order valence-electron chi connectivity index (χ4n) is 3.29. The largest absolute Gasteiger partial charge is 0.519 e. The summed E-state index contributed by atoms with van der Waals surface area (Å²) in [7, 11) is 5.51. The molecule has 0 aromatic heterocycles. The monoisotopic (exact) mass is 520 g/mol. The van der Waals surface area contributed by atoms with E-state index in [1.165, 1.54) is 40.6 Å². The van der Waals surface area contributed by atoms with Crippen LogP contribution >= 0.6 is 0 Å². The number of carbonyl (C=O) groups excluding carboxylic acids is 1. The Morgan fingerprint density at radius 2 is 1.11 bits per heavy atom. The van der Waals surface area contributed by atoms with Crippen molar-refractivity contribution in [3.8, 4) is 47.3 Å². The van der Waals surface area contributed by atoms with Crippen LogP contribution in [0.1, 0.15) is 22.3 Å². The molecule has 2 aromatic carbocycles. The molecule has 0 atom stereocenters. The Morgan fingerprint density at radius 3 is 1.39 bits per heavy atom. The zero-order valence-electron chi connectivity index (χ0n) is 21.1. The van der Waals surface area contributed by atoms with Gasteiger partial charge in [0.05, 0.1) is 49.9 Å².